The highest BCUT2D eigenvalue weighted by Gasteiger charge is 2.29. The molecule has 9 heteroatoms. The largest absolute Gasteiger partial charge is 0.322 e. The Balaban J connectivity index is 1.52. The zero-order valence-electron chi connectivity index (χ0n) is 17.9. The van der Waals surface area contributed by atoms with Crippen molar-refractivity contribution in [1.82, 2.24) is 19.2 Å². The third-order valence-electron chi connectivity index (χ3n) is 4.96. The molecule has 0 spiro atoms. The molecule has 162 valence electrons. The fourth-order valence-electron chi connectivity index (χ4n) is 3.17. The molecule has 0 aliphatic carbocycles. The Morgan fingerprint density at radius 1 is 1.03 bits per heavy atom. The van der Waals surface area contributed by atoms with Crippen molar-refractivity contribution < 1.29 is 13.2 Å². The predicted molar refractivity (Wildman–Crippen MR) is 116 cm³/mol. The van der Waals surface area contributed by atoms with Crippen LogP contribution in [0.2, 0.25) is 0 Å². The number of piperazine rings is 1. The molecule has 0 atom stereocenters. The molecule has 2 heterocycles. The SMILES string of the molecule is Cc1ccc(S(=O)(=O)N2CCN(CC(=O)Nc3cnc(C(C)(C)C)nc3)CC2)cc1. The van der Waals surface area contributed by atoms with Gasteiger partial charge in [0.1, 0.15) is 5.82 Å². The summed E-state index contributed by atoms with van der Waals surface area (Å²) in [7, 11) is -3.51. The van der Waals surface area contributed by atoms with Gasteiger partial charge in [-0.1, -0.05) is 38.5 Å². The Bertz CT molecular complexity index is 975. The van der Waals surface area contributed by atoms with Gasteiger partial charge in [-0.25, -0.2) is 18.4 Å². The lowest BCUT2D eigenvalue weighted by Gasteiger charge is -2.33. The summed E-state index contributed by atoms with van der Waals surface area (Å²) in [4.78, 5) is 23.2. The Morgan fingerprint density at radius 2 is 1.60 bits per heavy atom. The number of anilines is 1. The smallest absolute Gasteiger partial charge is 0.243 e. The lowest BCUT2D eigenvalue weighted by atomic mass is 9.96. The second kappa shape index (κ2) is 8.79. The van der Waals surface area contributed by atoms with Crippen LogP contribution in [0, 0.1) is 6.92 Å². The minimum Gasteiger partial charge on any atom is -0.322 e. The summed E-state index contributed by atoms with van der Waals surface area (Å²) < 4.78 is 27.0. The van der Waals surface area contributed by atoms with Crippen molar-refractivity contribution in [2.24, 2.45) is 0 Å². The zero-order valence-corrected chi connectivity index (χ0v) is 18.7. The average molecular weight is 432 g/mol. The van der Waals surface area contributed by atoms with Gasteiger partial charge in [0.15, 0.2) is 0 Å². The van der Waals surface area contributed by atoms with Crippen molar-refractivity contribution in [3.63, 3.8) is 0 Å². The molecule has 30 heavy (non-hydrogen) atoms. The summed E-state index contributed by atoms with van der Waals surface area (Å²) in [5.41, 5.74) is 1.41. The molecule has 1 fully saturated rings. The van der Waals surface area contributed by atoms with Crippen LogP contribution in [0.4, 0.5) is 5.69 Å². The van der Waals surface area contributed by atoms with Crippen LogP contribution in [-0.4, -0.2) is 66.2 Å². The summed E-state index contributed by atoms with van der Waals surface area (Å²) in [6.07, 6.45) is 3.22. The van der Waals surface area contributed by atoms with Crippen LogP contribution in [0.15, 0.2) is 41.6 Å². The van der Waals surface area contributed by atoms with E-state index in [1.54, 1.807) is 36.7 Å². The van der Waals surface area contributed by atoms with E-state index in [9.17, 15) is 13.2 Å². The van der Waals surface area contributed by atoms with E-state index in [0.29, 0.717) is 42.6 Å². The van der Waals surface area contributed by atoms with E-state index in [2.05, 4.69) is 15.3 Å². The van der Waals surface area contributed by atoms with E-state index in [1.807, 2.05) is 32.6 Å². The first kappa shape index (κ1) is 22.3. The van der Waals surface area contributed by atoms with Crippen molar-refractivity contribution >= 4 is 21.6 Å². The standard InChI is InChI=1S/C21H29N5O3S/c1-16-5-7-18(8-6-16)30(28,29)26-11-9-25(10-12-26)15-19(27)24-17-13-22-20(23-14-17)21(2,3)4/h5-8,13-14H,9-12,15H2,1-4H3,(H,24,27). The maximum Gasteiger partial charge on any atom is 0.243 e. The summed E-state index contributed by atoms with van der Waals surface area (Å²) >= 11 is 0. The second-order valence-corrected chi connectivity index (χ2v) is 10.5. The van der Waals surface area contributed by atoms with Gasteiger partial charge < -0.3 is 5.32 Å². The molecule has 0 unspecified atom stereocenters. The van der Waals surface area contributed by atoms with Gasteiger partial charge in [-0.2, -0.15) is 4.31 Å². The van der Waals surface area contributed by atoms with Gasteiger partial charge in [0.25, 0.3) is 0 Å². The zero-order chi connectivity index (χ0) is 21.9. The fourth-order valence-corrected chi connectivity index (χ4v) is 4.59. The number of sulfonamides is 1. The van der Waals surface area contributed by atoms with Crippen molar-refractivity contribution in [1.29, 1.82) is 0 Å². The highest BCUT2D eigenvalue weighted by atomic mass is 32.2. The molecule has 1 aliphatic heterocycles. The van der Waals surface area contributed by atoms with E-state index in [-0.39, 0.29) is 17.9 Å². The molecule has 1 aromatic carbocycles. The number of nitrogens with one attached hydrogen (secondary N) is 1. The van der Waals surface area contributed by atoms with Gasteiger partial charge in [0, 0.05) is 31.6 Å². The fraction of sp³-hybridized carbons (Fsp3) is 0.476. The molecular formula is C21H29N5O3S. The van der Waals surface area contributed by atoms with E-state index in [4.69, 9.17) is 0 Å². The van der Waals surface area contributed by atoms with Crippen LogP contribution in [0.25, 0.3) is 0 Å². The highest BCUT2D eigenvalue weighted by molar-refractivity contribution is 7.89. The number of aromatic nitrogens is 2. The number of amides is 1. The lowest BCUT2D eigenvalue weighted by molar-refractivity contribution is -0.117. The molecular weight excluding hydrogens is 402 g/mol. The molecule has 0 saturated carbocycles. The lowest BCUT2D eigenvalue weighted by Crippen LogP contribution is -2.50. The van der Waals surface area contributed by atoms with Crippen LogP contribution < -0.4 is 5.32 Å². The maximum atomic E-state index is 12.8. The number of rotatable bonds is 5. The third kappa shape index (κ3) is 5.41. The molecule has 1 aliphatic rings. The van der Waals surface area contributed by atoms with Gasteiger partial charge in [-0.05, 0) is 19.1 Å². The molecule has 8 nitrogen and oxygen atoms in total. The van der Waals surface area contributed by atoms with Crippen LogP contribution >= 0.6 is 0 Å². The average Bonchev–Trinajstić information content (AvgIpc) is 2.68. The van der Waals surface area contributed by atoms with Crippen LogP contribution in [0.1, 0.15) is 32.2 Å². The first-order valence-electron chi connectivity index (χ1n) is 9.97. The Morgan fingerprint density at radius 3 is 2.13 bits per heavy atom. The normalized spacial score (nSPS) is 16.4. The molecule has 0 radical (unpaired) electrons. The Labute approximate surface area is 178 Å². The van der Waals surface area contributed by atoms with E-state index in [1.165, 1.54) is 4.31 Å². The number of carbonyl (C=O) groups excluding carboxylic acids is 1. The van der Waals surface area contributed by atoms with Crippen molar-refractivity contribution in [2.45, 2.75) is 38.0 Å². The number of carbonyl (C=O) groups is 1. The van der Waals surface area contributed by atoms with Crippen LogP contribution in [0.3, 0.4) is 0 Å². The third-order valence-corrected chi connectivity index (χ3v) is 6.88. The first-order valence-corrected chi connectivity index (χ1v) is 11.4. The van der Waals surface area contributed by atoms with Crippen LogP contribution in [-0.2, 0) is 20.2 Å². The Kier molecular flexibility index (Phi) is 6.54. The van der Waals surface area contributed by atoms with Gasteiger partial charge in [-0.15, -0.1) is 0 Å². The maximum absolute atomic E-state index is 12.8. The number of hydrogen-bond acceptors (Lipinski definition) is 6. The van der Waals surface area contributed by atoms with Gasteiger partial charge >= 0.3 is 0 Å². The van der Waals surface area contributed by atoms with E-state index in [0.717, 1.165) is 5.56 Å². The molecule has 3 rings (SSSR count). The molecule has 1 N–H and O–H groups in total. The topological polar surface area (TPSA) is 95.5 Å². The minimum atomic E-state index is -3.51. The minimum absolute atomic E-state index is 0.152. The highest BCUT2D eigenvalue weighted by Crippen LogP contribution is 2.19. The van der Waals surface area contributed by atoms with E-state index >= 15 is 0 Å². The van der Waals surface area contributed by atoms with Crippen molar-refractivity contribution in [3.8, 4) is 0 Å². The molecule has 1 saturated heterocycles. The van der Waals surface area contributed by atoms with Crippen molar-refractivity contribution in [3.05, 3.63) is 48.0 Å². The van der Waals surface area contributed by atoms with Gasteiger partial charge in [-0.3, -0.25) is 9.69 Å². The van der Waals surface area contributed by atoms with Crippen molar-refractivity contribution in [2.75, 3.05) is 38.0 Å². The number of aryl methyl sites for hydroxylation is 1. The van der Waals surface area contributed by atoms with Gasteiger partial charge in [0.2, 0.25) is 15.9 Å². The quantitative estimate of drug-likeness (QED) is 0.778. The molecule has 2 aromatic rings. The predicted octanol–water partition coefficient (Wildman–Crippen LogP) is 2.03. The summed E-state index contributed by atoms with van der Waals surface area (Å²) in [6.45, 7) is 9.90. The molecule has 1 amide bonds. The number of benzene rings is 1. The van der Waals surface area contributed by atoms with Crippen LogP contribution in [0.5, 0.6) is 0 Å². The monoisotopic (exact) mass is 431 g/mol. The number of hydrogen-bond donors (Lipinski definition) is 1. The second-order valence-electron chi connectivity index (χ2n) is 8.59. The summed E-state index contributed by atoms with van der Waals surface area (Å²) in [6, 6.07) is 6.87. The first-order chi connectivity index (χ1) is 14.1. The van der Waals surface area contributed by atoms with Gasteiger partial charge in [0.05, 0.1) is 29.5 Å². The molecule has 1 aromatic heterocycles. The van der Waals surface area contributed by atoms with E-state index < -0.39 is 10.0 Å². The summed E-state index contributed by atoms with van der Waals surface area (Å²) in [5.74, 6) is 0.545. The number of nitrogens with zero attached hydrogens (tertiary/aromatic N) is 4. The molecule has 0 bridgehead atoms. The summed E-state index contributed by atoms with van der Waals surface area (Å²) in [5, 5.41) is 2.80. The Hall–Kier alpha value is -2.36.